The number of H-pyrrole nitrogens is 1. The summed E-state index contributed by atoms with van der Waals surface area (Å²) in [7, 11) is 0. The highest BCUT2D eigenvalue weighted by Gasteiger charge is 2.66. The van der Waals surface area contributed by atoms with E-state index >= 15 is 0 Å². The van der Waals surface area contributed by atoms with Gasteiger partial charge in [0.2, 0.25) is 11.9 Å². The molecule has 0 saturated carbocycles. The van der Waals surface area contributed by atoms with Crippen LogP contribution in [0, 0.1) is 10.1 Å². The van der Waals surface area contributed by atoms with Crippen LogP contribution in [0.4, 0.5) is 5.69 Å². The molecule has 3 N–H and O–H groups in total. The van der Waals surface area contributed by atoms with Crippen LogP contribution in [0.2, 0.25) is 0 Å². The van der Waals surface area contributed by atoms with Crippen molar-refractivity contribution >= 4 is 22.5 Å². The lowest BCUT2D eigenvalue weighted by Crippen LogP contribution is -2.49. The predicted molar refractivity (Wildman–Crippen MR) is 126 cm³/mol. The molecule has 0 bridgehead atoms. The van der Waals surface area contributed by atoms with Crippen molar-refractivity contribution in [1.82, 2.24) is 10.3 Å². The number of carbonyl (C=O) groups is 1. The third-order valence-electron chi connectivity index (χ3n) is 7.11. The number of nitrogens with one attached hydrogen (secondary N) is 3. The molecule has 33 heavy (non-hydrogen) atoms. The Morgan fingerprint density at radius 2 is 1.67 bits per heavy atom. The molecule has 3 aromatic carbocycles. The number of carbonyl (C=O) groups excluding carboxylic acids is 1. The Hall–Kier alpha value is -3.97. The first-order chi connectivity index (χ1) is 16.1. The summed E-state index contributed by atoms with van der Waals surface area (Å²) >= 11 is 0. The molecule has 2 aliphatic rings. The van der Waals surface area contributed by atoms with Gasteiger partial charge in [-0.25, -0.2) is 0 Å². The van der Waals surface area contributed by atoms with Crippen molar-refractivity contribution in [2.45, 2.75) is 30.0 Å². The molecule has 1 saturated heterocycles. The van der Waals surface area contributed by atoms with Gasteiger partial charge in [-0.1, -0.05) is 66.7 Å². The zero-order chi connectivity index (χ0) is 22.6. The van der Waals surface area contributed by atoms with Crippen LogP contribution in [-0.4, -0.2) is 27.9 Å². The number of benzene rings is 3. The van der Waals surface area contributed by atoms with E-state index in [-0.39, 0.29) is 10.8 Å². The van der Waals surface area contributed by atoms with Crippen molar-refractivity contribution in [3.63, 3.8) is 0 Å². The average molecular weight is 438 g/mol. The van der Waals surface area contributed by atoms with E-state index in [2.05, 4.69) is 15.6 Å². The molecule has 4 atom stereocenters. The van der Waals surface area contributed by atoms with E-state index in [0.717, 1.165) is 27.6 Å². The van der Waals surface area contributed by atoms with Gasteiger partial charge in [0, 0.05) is 33.3 Å². The first-order valence-corrected chi connectivity index (χ1v) is 11.0. The van der Waals surface area contributed by atoms with Crippen molar-refractivity contribution in [1.29, 1.82) is 0 Å². The second-order valence-corrected chi connectivity index (χ2v) is 8.79. The van der Waals surface area contributed by atoms with Crippen LogP contribution in [-0.2, 0) is 16.8 Å². The molecule has 1 amide bonds. The topological polar surface area (TPSA) is 100 Å². The first kappa shape index (κ1) is 19.7. The number of aromatic amines is 1. The molecule has 4 aromatic rings. The predicted octanol–water partition coefficient (Wildman–Crippen LogP) is 3.96. The van der Waals surface area contributed by atoms with Crippen LogP contribution in [0.15, 0.2) is 85.1 Å². The molecule has 164 valence electrons. The monoisotopic (exact) mass is 438 g/mol. The third kappa shape index (κ3) is 2.82. The van der Waals surface area contributed by atoms with E-state index in [9.17, 15) is 14.9 Å². The van der Waals surface area contributed by atoms with E-state index in [0.29, 0.717) is 12.1 Å². The Kier molecular flexibility index (Phi) is 4.35. The minimum atomic E-state index is -1.22. The Morgan fingerprint density at radius 3 is 2.48 bits per heavy atom. The van der Waals surface area contributed by atoms with Crippen molar-refractivity contribution < 1.29 is 9.72 Å². The van der Waals surface area contributed by atoms with Crippen LogP contribution in [0.5, 0.6) is 0 Å². The number of aromatic nitrogens is 1. The maximum atomic E-state index is 13.6. The summed E-state index contributed by atoms with van der Waals surface area (Å²) in [5.41, 5.74) is 3.00. The summed E-state index contributed by atoms with van der Waals surface area (Å²) in [4.78, 5) is 29.2. The van der Waals surface area contributed by atoms with Crippen molar-refractivity contribution in [3.8, 4) is 0 Å². The zero-order valence-corrected chi connectivity index (χ0v) is 17.7. The Bertz CT molecular complexity index is 1380. The number of fused-ring (bicyclic) bond motifs is 3. The fourth-order valence-corrected chi connectivity index (χ4v) is 5.77. The SMILES string of the molecule is O=C1Nc2ccccc2[C@@]12N[C@H](Cc1c[nH]c3ccccc13)[C@@H]([N+](=O)[O-])[C@@H]2c1ccccc1. The maximum Gasteiger partial charge on any atom is 0.250 e. The summed E-state index contributed by atoms with van der Waals surface area (Å²) in [5, 5.41) is 20.1. The molecule has 2 aliphatic heterocycles. The van der Waals surface area contributed by atoms with Crippen molar-refractivity contribution in [3.05, 3.63) is 112 Å². The fraction of sp³-hybridized carbons (Fsp3) is 0.192. The lowest BCUT2D eigenvalue weighted by molar-refractivity contribution is -0.526. The number of rotatable bonds is 4. The summed E-state index contributed by atoms with van der Waals surface area (Å²) < 4.78 is 0. The number of nitrogens with zero attached hydrogens (tertiary/aromatic N) is 1. The van der Waals surface area contributed by atoms with Gasteiger partial charge in [-0.2, -0.15) is 0 Å². The zero-order valence-electron chi connectivity index (χ0n) is 17.7. The first-order valence-electron chi connectivity index (χ1n) is 11.0. The summed E-state index contributed by atoms with van der Waals surface area (Å²) in [6.45, 7) is 0. The number of hydrogen-bond acceptors (Lipinski definition) is 4. The molecular formula is C26H22N4O3. The van der Waals surface area contributed by atoms with E-state index in [1.807, 2.05) is 85.1 Å². The van der Waals surface area contributed by atoms with Gasteiger partial charge in [-0.3, -0.25) is 20.2 Å². The van der Waals surface area contributed by atoms with Crippen molar-refractivity contribution in [2.75, 3.05) is 5.32 Å². The van der Waals surface area contributed by atoms with Gasteiger partial charge in [-0.05, 0) is 29.7 Å². The Morgan fingerprint density at radius 1 is 0.939 bits per heavy atom. The quantitative estimate of drug-likeness (QED) is 0.332. The minimum absolute atomic E-state index is 0.215. The number of anilines is 1. The highest BCUT2D eigenvalue weighted by atomic mass is 16.6. The van der Waals surface area contributed by atoms with Crippen molar-refractivity contribution in [2.24, 2.45) is 0 Å². The molecule has 3 heterocycles. The lowest BCUT2D eigenvalue weighted by Gasteiger charge is -2.29. The second-order valence-electron chi connectivity index (χ2n) is 8.79. The van der Waals surface area contributed by atoms with Gasteiger partial charge < -0.3 is 10.3 Å². The summed E-state index contributed by atoms with van der Waals surface area (Å²) in [6, 6.07) is 23.2. The van der Waals surface area contributed by atoms with E-state index < -0.39 is 23.5 Å². The van der Waals surface area contributed by atoms with Crippen LogP contribution in [0.1, 0.15) is 22.6 Å². The van der Waals surface area contributed by atoms with Gasteiger partial charge in [0.25, 0.3) is 0 Å². The molecule has 6 rings (SSSR count). The molecule has 0 aliphatic carbocycles. The number of amides is 1. The Labute approximate surface area is 190 Å². The van der Waals surface area contributed by atoms with Gasteiger partial charge in [0.05, 0.1) is 12.0 Å². The molecule has 1 spiro atoms. The molecular weight excluding hydrogens is 416 g/mol. The van der Waals surface area contributed by atoms with Gasteiger partial charge in [0.15, 0.2) is 0 Å². The highest BCUT2D eigenvalue weighted by Crippen LogP contribution is 2.52. The lowest BCUT2D eigenvalue weighted by atomic mass is 9.74. The summed E-state index contributed by atoms with van der Waals surface area (Å²) in [6.07, 6.45) is 2.34. The molecule has 0 radical (unpaired) electrons. The Balaban J connectivity index is 1.52. The molecule has 1 fully saturated rings. The van der Waals surface area contributed by atoms with Crippen LogP contribution in [0.25, 0.3) is 10.9 Å². The largest absolute Gasteiger partial charge is 0.361 e. The number of hydrogen-bond donors (Lipinski definition) is 3. The van der Waals surface area contributed by atoms with Gasteiger partial charge in [0.1, 0.15) is 5.54 Å². The normalized spacial score (nSPS) is 25.9. The smallest absolute Gasteiger partial charge is 0.250 e. The second kappa shape index (κ2) is 7.28. The fourth-order valence-electron chi connectivity index (χ4n) is 5.77. The minimum Gasteiger partial charge on any atom is -0.361 e. The highest BCUT2D eigenvalue weighted by molar-refractivity contribution is 6.07. The number of nitro groups is 1. The van der Waals surface area contributed by atoms with E-state index in [1.165, 1.54) is 0 Å². The molecule has 7 nitrogen and oxygen atoms in total. The molecule has 1 aromatic heterocycles. The molecule has 0 unspecified atom stereocenters. The molecule has 7 heteroatoms. The average Bonchev–Trinajstić information content (AvgIpc) is 3.48. The van der Waals surface area contributed by atoms with E-state index in [1.54, 1.807) is 0 Å². The maximum absolute atomic E-state index is 13.6. The standard InChI is InChI=1S/C26H22N4O3/c31-25-26(19-11-5-7-13-21(19)28-25)23(16-8-2-1-3-9-16)24(30(32)33)22(29-26)14-17-15-27-20-12-6-4-10-18(17)20/h1-13,15,22-24,27,29H,14H2,(H,28,31)/t22-,23+,24-,26+/m1/s1. The van der Waals surface area contributed by atoms with Gasteiger partial charge >= 0.3 is 0 Å². The number of para-hydroxylation sites is 2. The van der Waals surface area contributed by atoms with Crippen LogP contribution < -0.4 is 10.6 Å². The summed E-state index contributed by atoms with van der Waals surface area (Å²) in [5.74, 6) is -0.904. The van der Waals surface area contributed by atoms with Gasteiger partial charge in [-0.15, -0.1) is 0 Å². The van der Waals surface area contributed by atoms with Crippen LogP contribution >= 0.6 is 0 Å². The van der Waals surface area contributed by atoms with E-state index in [4.69, 9.17) is 0 Å². The van der Waals surface area contributed by atoms with Crippen LogP contribution in [0.3, 0.4) is 0 Å². The third-order valence-corrected chi connectivity index (χ3v) is 7.11.